The Morgan fingerprint density at radius 3 is 2.33 bits per heavy atom. The average Bonchev–Trinajstić information content (AvgIpc) is 2.26. The first kappa shape index (κ1) is 12.0. The largest absolute Gasteiger partial charge is 0.486 e. The van der Waals surface area contributed by atoms with E-state index in [2.05, 4.69) is 0 Å². The maximum absolute atomic E-state index is 9.20. The van der Waals surface area contributed by atoms with Crippen LogP contribution in [0.1, 0.15) is 13.8 Å². The van der Waals surface area contributed by atoms with Crippen molar-refractivity contribution in [3.8, 4) is 5.75 Å². The molecule has 15 heavy (non-hydrogen) atoms. The fourth-order valence-corrected chi connectivity index (χ4v) is 1.34. The quantitative estimate of drug-likeness (QED) is 0.771. The molecule has 0 fully saturated rings. The number of hydrogen-bond acceptors (Lipinski definition) is 3. The summed E-state index contributed by atoms with van der Waals surface area (Å²) < 4.78 is 5.61. The van der Waals surface area contributed by atoms with E-state index in [0.29, 0.717) is 0 Å². The molecule has 0 radical (unpaired) electrons. The van der Waals surface area contributed by atoms with Gasteiger partial charge in [0.1, 0.15) is 11.9 Å². The monoisotopic (exact) mass is 209 g/mol. The van der Waals surface area contributed by atoms with Crippen molar-refractivity contribution in [2.24, 2.45) is 11.7 Å². The van der Waals surface area contributed by atoms with Crippen molar-refractivity contribution < 1.29 is 9.84 Å². The highest BCUT2D eigenvalue weighted by Crippen LogP contribution is 2.14. The van der Waals surface area contributed by atoms with Crippen molar-refractivity contribution in [2.75, 3.05) is 6.61 Å². The molecular formula is C12H19NO2. The van der Waals surface area contributed by atoms with Crippen molar-refractivity contribution in [3.05, 3.63) is 30.3 Å². The molecular weight excluding hydrogens is 190 g/mol. The molecule has 3 heteroatoms. The van der Waals surface area contributed by atoms with Gasteiger partial charge in [-0.3, -0.25) is 0 Å². The van der Waals surface area contributed by atoms with Crippen molar-refractivity contribution in [1.82, 2.24) is 0 Å². The molecule has 1 aromatic carbocycles. The fraction of sp³-hybridized carbons (Fsp3) is 0.500. The van der Waals surface area contributed by atoms with E-state index in [1.807, 2.05) is 44.2 Å². The second-order valence-electron chi connectivity index (χ2n) is 3.97. The van der Waals surface area contributed by atoms with Gasteiger partial charge in [0.25, 0.3) is 0 Å². The lowest BCUT2D eigenvalue weighted by Crippen LogP contribution is -2.45. The summed E-state index contributed by atoms with van der Waals surface area (Å²) in [5.74, 6) is 1.03. The van der Waals surface area contributed by atoms with Crippen LogP contribution in [-0.4, -0.2) is 23.9 Å². The molecule has 0 spiro atoms. The van der Waals surface area contributed by atoms with E-state index >= 15 is 0 Å². The zero-order valence-corrected chi connectivity index (χ0v) is 9.26. The van der Waals surface area contributed by atoms with Gasteiger partial charge < -0.3 is 15.6 Å². The van der Waals surface area contributed by atoms with E-state index in [4.69, 9.17) is 10.5 Å². The lowest BCUT2D eigenvalue weighted by atomic mass is 10.00. The first-order valence-corrected chi connectivity index (χ1v) is 5.23. The minimum absolute atomic E-state index is 0.0613. The Hall–Kier alpha value is -1.06. The van der Waals surface area contributed by atoms with Gasteiger partial charge in [-0.1, -0.05) is 32.0 Å². The molecule has 0 saturated heterocycles. The van der Waals surface area contributed by atoms with Gasteiger partial charge in [-0.25, -0.2) is 0 Å². The Kier molecular flexibility index (Phi) is 4.59. The third kappa shape index (κ3) is 3.53. The maximum Gasteiger partial charge on any atom is 0.137 e. The summed E-state index contributed by atoms with van der Waals surface area (Å²) >= 11 is 0. The number of para-hydroxylation sites is 1. The van der Waals surface area contributed by atoms with E-state index in [9.17, 15) is 5.11 Å². The van der Waals surface area contributed by atoms with Crippen LogP contribution in [0, 0.1) is 5.92 Å². The zero-order valence-electron chi connectivity index (χ0n) is 9.26. The van der Waals surface area contributed by atoms with Crippen LogP contribution >= 0.6 is 0 Å². The molecule has 2 atom stereocenters. The zero-order chi connectivity index (χ0) is 11.3. The molecule has 3 N–H and O–H groups in total. The number of rotatable bonds is 5. The number of nitrogens with two attached hydrogens (primary N) is 1. The Morgan fingerprint density at radius 2 is 1.87 bits per heavy atom. The number of aliphatic hydroxyl groups excluding tert-OH is 1. The average molecular weight is 209 g/mol. The molecule has 1 aromatic rings. The Labute approximate surface area is 90.9 Å². The second kappa shape index (κ2) is 5.73. The molecule has 0 amide bonds. The molecule has 0 saturated carbocycles. The van der Waals surface area contributed by atoms with E-state index < -0.39 is 0 Å². The third-order valence-electron chi connectivity index (χ3n) is 2.41. The van der Waals surface area contributed by atoms with Gasteiger partial charge in [-0.15, -0.1) is 0 Å². The summed E-state index contributed by atoms with van der Waals surface area (Å²) in [4.78, 5) is 0. The molecule has 1 rings (SSSR count). The first-order valence-electron chi connectivity index (χ1n) is 5.23. The molecule has 0 aliphatic carbocycles. The van der Waals surface area contributed by atoms with Gasteiger partial charge in [-0.2, -0.15) is 0 Å². The lowest BCUT2D eigenvalue weighted by Gasteiger charge is -2.25. The van der Waals surface area contributed by atoms with Gasteiger partial charge >= 0.3 is 0 Å². The van der Waals surface area contributed by atoms with Crippen molar-refractivity contribution in [1.29, 1.82) is 0 Å². The molecule has 0 aliphatic rings. The van der Waals surface area contributed by atoms with E-state index in [0.717, 1.165) is 5.75 Å². The van der Waals surface area contributed by atoms with Gasteiger partial charge in [0.15, 0.2) is 0 Å². The topological polar surface area (TPSA) is 55.5 Å². The van der Waals surface area contributed by atoms with Crippen molar-refractivity contribution in [2.45, 2.75) is 26.0 Å². The smallest absolute Gasteiger partial charge is 0.137 e. The van der Waals surface area contributed by atoms with Crippen molar-refractivity contribution >= 4 is 0 Å². The van der Waals surface area contributed by atoms with Crippen LogP contribution in [0.4, 0.5) is 0 Å². The number of hydrogen-bond donors (Lipinski definition) is 2. The Balaban J connectivity index is 2.62. The first-order chi connectivity index (χ1) is 7.15. The summed E-state index contributed by atoms with van der Waals surface area (Å²) in [5.41, 5.74) is 5.93. The maximum atomic E-state index is 9.20. The molecule has 2 unspecified atom stereocenters. The van der Waals surface area contributed by atoms with Crippen LogP contribution in [0.5, 0.6) is 5.75 Å². The van der Waals surface area contributed by atoms with E-state index in [1.54, 1.807) is 0 Å². The van der Waals surface area contributed by atoms with Crippen LogP contribution in [-0.2, 0) is 0 Å². The second-order valence-corrected chi connectivity index (χ2v) is 3.97. The van der Waals surface area contributed by atoms with Crippen LogP contribution < -0.4 is 10.5 Å². The molecule has 0 bridgehead atoms. The highest BCUT2D eigenvalue weighted by atomic mass is 16.5. The minimum Gasteiger partial charge on any atom is -0.486 e. The fourth-order valence-electron chi connectivity index (χ4n) is 1.34. The normalized spacial score (nSPS) is 15.0. The predicted molar refractivity (Wildman–Crippen MR) is 60.8 cm³/mol. The summed E-state index contributed by atoms with van der Waals surface area (Å²) in [7, 11) is 0. The van der Waals surface area contributed by atoms with Crippen LogP contribution in [0.3, 0.4) is 0 Å². The molecule has 0 aliphatic heterocycles. The predicted octanol–water partition coefficient (Wildman–Crippen LogP) is 1.41. The molecule has 3 nitrogen and oxygen atoms in total. The Morgan fingerprint density at radius 1 is 1.27 bits per heavy atom. The number of benzene rings is 1. The SMILES string of the molecule is CC(C)C(N)C(CO)Oc1ccccc1. The minimum atomic E-state index is -0.340. The van der Waals surface area contributed by atoms with E-state index in [-0.39, 0.29) is 24.7 Å². The number of aliphatic hydroxyl groups is 1. The lowest BCUT2D eigenvalue weighted by molar-refractivity contribution is 0.0811. The number of ether oxygens (including phenoxy) is 1. The molecule has 0 heterocycles. The summed E-state index contributed by atoms with van der Waals surface area (Å²) in [6.07, 6.45) is -0.340. The van der Waals surface area contributed by atoms with E-state index in [1.165, 1.54) is 0 Å². The van der Waals surface area contributed by atoms with Gasteiger partial charge in [0.05, 0.1) is 6.61 Å². The van der Waals surface area contributed by atoms with Crippen LogP contribution in [0.2, 0.25) is 0 Å². The van der Waals surface area contributed by atoms with Gasteiger partial charge in [-0.05, 0) is 18.1 Å². The summed E-state index contributed by atoms with van der Waals surface area (Å²) in [6.45, 7) is 3.97. The highest BCUT2D eigenvalue weighted by molar-refractivity contribution is 5.21. The molecule has 0 aromatic heterocycles. The Bertz CT molecular complexity index is 274. The highest BCUT2D eigenvalue weighted by Gasteiger charge is 2.21. The standard InChI is InChI=1S/C12H19NO2/c1-9(2)12(13)11(8-14)15-10-6-4-3-5-7-10/h3-7,9,11-12,14H,8,13H2,1-2H3. The third-order valence-corrected chi connectivity index (χ3v) is 2.41. The van der Waals surface area contributed by atoms with Gasteiger partial charge in [0, 0.05) is 6.04 Å². The molecule has 84 valence electrons. The van der Waals surface area contributed by atoms with Gasteiger partial charge in [0.2, 0.25) is 0 Å². The summed E-state index contributed by atoms with van der Waals surface area (Å²) in [6, 6.07) is 9.26. The summed E-state index contributed by atoms with van der Waals surface area (Å²) in [5, 5.41) is 9.20. The van der Waals surface area contributed by atoms with Crippen molar-refractivity contribution in [3.63, 3.8) is 0 Å². The van der Waals surface area contributed by atoms with Crippen LogP contribution in [0.15, 0.2) is 30.3 Å². The van der Waals surface area contributed by atoms with Crippen LogP contribution in [0.25, 0.3) is 0 Å².